The Balaban J connectivity index is 2.72. The average molecular weight is 251 g/mol. The fourth-order valence-electron chi connectivity index (χ4n) is 1.09. The third-order valence-corrected chi connectivity index (χ3v) is 2.74. The quantitative estimate of drug-likeness (QED) is 0.508. The van der Waals surface area contributed by atoms with Crippen molar-refractivity contribution in [2.75, 3.05) is 12.4 Å². The number of methoxy groups -OCH3 is 1. The predicted octanol–water partition coefficient (Wildman–Crippen LogP) is 2.61. The second-order valence-corrected chi connectivity index (χ2v) is 3.95. The van der Waals surface area contributed by atoms with Crippen LogP contribution in [0.2, 0.25) is 0 Å². The molecule has 0 aliphatic heterocycles. The number of hydrogen-bond donors (Lipinski definition) is 1. The maximum Gasteiger partial charge on any atom is 0.350 e. The van der Waals surface area contributed by atoms with Crippen LogP contribution < -0.4 is 5.32 Å². The summed E-state index contributed by atoms with van der Waals surface area (Å²) in [5, 5.41) is 4.33. The maximum atomic E-state index is 11.5. The average Bonchev–Trinajstić information content (AvgIpc) is 2.76. The van der Waals surface area contributed by atoms with Gasteiger partial charge in [-0.3, -0.25) is 4.79 Å². The number of carbonyl (C=O) groups excluding carboxylic acids is 2. The Labute approximate surface area is 104 Å². The Morgan fingerprint density at radius 1 is 1.41 bits per heavy atom. The SMILES string of the molecule is CC=CC=CC(=O)Nc1ccsc1C(=O)OC. The summed E-state index contributed by atoms with van der Waals surface area (Å²) < 4.78 is 4.61. The summed E-state index contributed by atoms with van der Waals surface area (Å²) >= 11 is 1.23. The number of nitrogens with one attached hydrogen (secondary N) is 1. The van der Waals surface area contributed by atoms with E-state index in [1.165, 1.54) is 24.5 Å². The van der Waals surface area contributed by atoms with Gasteiger partial charge in [-0.15, -0.1) is 11.3 Å². The van der Waals surface area contributed by atoms with Crippen molar-refractivity contribution in [3.05, 3.63) is 40.6 Å². The highest BCUT2D eigenvalue weighted by Gasteiger charge is 2.14. The lowest BCUT2D eigenvalue weighted by atomic mass is 10.3. The van der Waals surface area contributed by atoms with Crippen LogP contribution in [-0.2, 0) is 9.53 Å². The number of thiophene rings is 1. The first-order valence-electron chi connectivity index (χ1n) is 4.95. The highest BCUT2D eigenvalue weighted by molar-refractivity contribution is 7.12. The van der Waals surface area contributed by atoms with Crippen LogP contribution in [0.4, 0.5) is 5.69 Å². The second-order valence-electron chi connectivity index (χ2n) is 3.03. The van der Waals surface area contributed by atoms with Crippen molar-refractivity contribution in [1.29, 1.82) is 0 Å². The molecule has 1 heterocycles. The molecule has 90 valence electrons. The van der Waals surface area contributed by atoms with Gasteiger partial charge in [-0.25, -0.2) is 4.79 Å². The van der Waals surface area contributed by atoms with Gasteiger partial charge in [0.05, 0.1) is 12.8 Å². The van der Waals surface area contributed by atoms with E-state index >= 15 is 0 Å². The summed E-state index contributed by atoms with van der Waals surface area (Å²) in [6, 6.07) is 1.66. The molecule has 1 amide bonds. The third kappa shape index (κ3) is 3.88. The molecule has 1 aromatic rings. The molecule has 5 heteroatoms. The van der Waals surface area contributed by atoms with E-state index in [0.717, 1.165) is 0 Å². The molecule has 0 atom stereocenters. The number of rotatable bonds is 4. The molecule has 0 spiro atoms. The van der Waals surface area contributed by atoms with Crippen LogP contribution in [0.1, 0.15) is 16.6 Å². The van der Waals surface area contributed by atoms with E-state index in [2.05, 4.69) is 10.1 Å². The second kappa shape index (κ2) is 6.65. The molecule has 0 saturated carbocycles. The van der Waals surface area contributed by atoms with E-state index in [0.29, 0.717) is 10.6 Å². The standard InChI is InChI=1S/C12H13NO3S/c1-3-4-5-6-10(14)13-9-7-8-17-11(9)12(15)16-2/h3-8H,1-2H3,(H,13,14). The first-order chi connectivity index (χ1) is 8.19. The maximum absolute atomic E-state index is 11.5. The molecule has 0 saturated heterocycles. The number of anilines is 1. The van der Waals surface area contributed by atoms with Gasteiger partial charge in [-0.2, -0.15) is 0 Å². The summed E-state index contributed by atoms with van der Waals surface area (Å²) in [7, 11) is 1.31. The molecule has 1 aromatic heterocycles. The minimum Gasteiger partial charge on any atom is -0.465 e. The smallest absolute Gasteiger partial charge is 0.350 e. The lowest BCUT2D eigenvalue weighted by Crippen LogP contribution is -2.10. The Morgan fingerprint density at radius 3 is 2.82 bits per heavy atom. The number of carbonyl (C=O) groups is 2. The summed E-state index contributed by atoms with van der Waals surface area (Å²) in [5.74, 6) is -0.737. The molecule has 0 aromatic carbocycles. The van der Waals surface area contributed by atoms with Crippen molar-refractivity contribution in [2.45, 2.75) is 6.92 Å². The van der Waals surface area contributed by atoms with Gasteiger partial charge in [0.1, 0.15) is 4.88 Å². The fraction of sp³-hybridized carbons (Fsp3) is 0.167. The monoisotopic (exact) mass is 251 g/mol. The van der Waals surface area contributed by atoms with Crippen LogP contribution in [0, 0.1) is 0 Å². The van der Waals surface area contributed by atoms with Gasteiger partial charge < -0.3 is 10.1 Å². The number of amides is 1. The number of esters is 1. The van der Waals surface area contributed by atoms with Crippen LogP contribution >= 0.6 is 11.3 Å². The molecule has 0 unspecified atom stereocenters. The molecule has 0 fully saturated rings. The molecule has 4 nitrogen and oxygen atoms in total. The topological polar surface area (TPSA) is 55.4 Å². The summed E-state index contributed by atoms with van der Waals surface area (Å²) in [4.78, 5) is 23.2. The van der Waals surface area contributed by atoms with Crippen LogP contribution in [0.15, 0.2) is 35.8 Å². The first kappa shape index (κ1) is 13.2. The van der Waals surface area contributed by atoms with Crippen LogP contribution in [0.3, 0.4) is 0 Å². The van der Waals surface area contributed by atoms with E-state index in [1.54, 1.807) is 23.6 Å². The van der Waals surface area contributed by atoms with Crippen LogP contribution in [0.5, 0.6) is 0 Å². The molecule has 1 N–H and O–H groups in total. The number of hydrogen-bond acceptors (Lipinski definition) is 4. The lowest BCUT2D eigenvalue weighted by Gasteiger charge is -2.02. The van der Waals surface area contributed by atoms with Crippen LogP contribution in [-0.4, -0.2) is 19.0 Å². The summed E-state index contributed by atoms with van der Waals surface area (Å²) in [6.07, 6.45) is 6.57. The Hall–Kier alpha value is -1.88. The van der Waals surface area contributed by atoms with Crippen molar-refractivity contribution in [3.8, 4) is 0 Å². The molecule has 1 rings (SSSR count). The van der Waals surface area contributed by atoms with Crippen molar-refractivity contribution in [1.82, 2.24) is 0 Å². The molecule has 17 heavy (non-hydrogen) atoms. The van der Waals surface area contributed by atoms with Crippen molar-refractivity contribution in [3.63, 3.8) is 0 Å². The molecular formula is C12H13NO3S. The third-order valence-electron chi connectivity index (χ3n) is 1.85. The first-order valence-corrected chi connectivity index (χ1v) is 5.83. The van der Waals surface area contributed by atoms with Crippen LogP contribution in [0.25, 0.3) is 0 Å². The van der Waals surface area contributed by atoms with Gasteiger partial charge in [-0.05, 0) is 18.4 Å². The minimum absolute atomic E-state index is 0.286. The van der Waals surface area contributed by atoms with Gasteiger partial charge in [0.2, 0.25) is 5.91 Å². The zero-order chi connectivity index (χ0) is 12.7. The van der Waals surface area contributed by atoms with Gasteiger partial charge in [-0.1, -0.05) is 18.2 Å². The van der Waals surface area contributed by atoms with E-state index in [9.17, 15) is 9.59 Å². The number of ether oxygens (including phenoxy) is 1. The van der Waals surface area contributed by atoms with Gasteiger partial charge in [0, 0.05) is 6.08 Å². The number of allylic oxidation sites excluding steroid dienone is 3. The van der Waals surface area contributed by atoms with Gasteiger partial charge >= 0.3 is 5.97 Å². The minimum atomic E-state index is -0.451. The summed E-state index contributed by atoms with van der Waals surface area (Å²) in [5.41, 5.74) is 0.469. The van der Waals surface area contributed by atoms with Gasteiger partial charge in [0.25, 0.3) is 0 Å². The Kier molecular flexibility index (Phi) is 5.16. The zero-order valence-electron chi connectivity index (χ0n) is 9.60. The Morgan fingerprint density at radius 2 is 2.18 bits per heavy atom. The van der Waals surface area contributed by atoms with E-state index in [1.807, 2.05) is 13.0 Å². The van der Waals surface area contributed by atoms with Crippen molar-refractivity contribution < 1.29 is 14.3 Å². The zero-order valence-corrected chi connectivity index (χ0v) is 10.4. The van der Waals surface area contributed by atoms with Gasteiger partial charge in [0.15, 0.2) is 0 Å². The van der Waals surface area contributed by atoms with E-state index in [4.69, 9.17) is 0 Å². The predicted molar refractivity (Wildman–Crippen MR) is 68.2 cm³/mol. The largest absolute Gasteiger partial charge is 0.465 e. The lowest BCUT2D eigenvalue weighted by molar-refractivity contribution is -0.111. The molecule has 0 aliphatic rings. The molecule has 0 aliphatic carbocycles. The Bertz CT molecular complexity index is 460. The highest BCUT2D eigenvalue weighted by atomic mass is 32.1. The van der Waals surface area contributed by atoms with E-state index < -0.39 is 5.97 Å². The normalized spacial score (nSPS) is 10.9. The van der Waals surface area contributed by atoms with Crippen molar-refractivity contribution in [2.24, 2.45) is 0 Å². The molecule has 0 radical (unpaired) electrons. The molecule has 0 bridgehead atoms. The summed E-state index contributed by atoms with van der Waals surface area (Å²) in [6.45, 7) is 1.86. The highest BCUT2D eigenvalue weighted by Crippen LogP contribution is 2.22. The molecular weight excluding hydrogens is 238 g/mol. The fourth-order valence-corrected chi connectivity index (χ4v) is 1.85. The van der Waals surface area contributed by atoms with E-state index in [-0.39, 0.29) is 5.91 Å². The van der Waals surface area contributed by atoms with Crippen molar-refractivity contribution >= 4 is 28.9 Å².